The van der Waals surface area contributed by atoms with Gasteiger partial charge in [0.1, 0.15) is 33.7 Å². The Morgan fingerprint density at radius 1 is 1.14 bits per heavy atom. The zero-order chi connectivity index (χ0) is 27.4. The lowest BCUT2D eigenvalue weighted by molar-refractivity contribution is -0.0472. The Morgan fingerprint density at radius 2 is 1.81 bits per heavy atom. The average molecular weight is 513 g/mol. The first kappa shape index (κ1) is 26.5. The van der Waals surface area contributed by atoms with Crippen LogP contribution in [0.2, 0.25) is 0 Å². The highest BCUT2D eigenvalue weighted by Crippen LogP contribution is 2.46. The van der Waals surface area contributed by atoms with Crippen molar-refractivity contribution in [1.82, 2.24) is 0 Å². The topological polar surface area (TPSA) is 161 Å². The molecule has 6 N–H and O–H groups in total. The molecule has 0 radical (unpaired) electrons. The molecule has 0 amide bonds. The number of benzene rings is 2. The lowest BCUT2D eigenvalue weighted by Crippen LogP contribution is -2.38. The van der Waals surface area contributed by atoms with Crippen molar-refractivity contribution in [3.05, 3.63) is 50.7 Å². The quantitative estimate of drug-likeness (QED) is 0.165. The van der Waals surface area contributed by atoms with Gasteiger partial charge < -0.3 is 39.8 Å². The molecule has 4 rings (SSSR count). The molecule has 0 aliphatic carbocycles. The van der Waals surface area contributed by atoms with E-state index in [-0.39, 0.29) is 63.8 Å². The van der Waals surface area contributed by atoms with Crippen LogP contribution in [-0.4, -0.2) is 54.6 Å². The number of aromatic hydroxyl groups is 3. The maximum Gasteiger partial charge on any atom is 0.204 e. The molecule has 1 aliphatic rings. The molecule has 0 unspecified atom stereocenters. The SMILES string of the molecule is C/C(=C\Cc1c(O)c(O)cc2oc3c(C[C@H](O)C(C)(C)O)c4c(c(O)c3c(=O)c12)C=CC(C)(C)O4)CO. The summed E-state index contributed by atoms with van der Waals surface area (Å²) in [6, 6.07) is 1.11. The molecule has 1 aliphatic heterocycles. The van der Waals surface area contributed by atoms with Gasteiger partial charge in [-0.3, -0.25) is 4.79 Å². The second kappa shape index (κ2) is 9.09. The van der Waals surface area contributed by atoms with Crippen LogP contribution >= 0.6 is 0 Å². The lowest BCUT2D eigenvalue weighted by atomic mass is 9.89. The molecule has 1 atom stereocenters. The van der Waals surface area contributed by atoms with Crippen LogP contribution in [0.3, 0.4) is 0 Å². The van der Waals surface area contributed by atoms with E-state index >= 15 is 0 Å². The van der Waals surface area contributed by atoms with Gasteiger partial charge in [-0.2, -0.15) is 0 Å². The van der Waals surface area contributed by atoms with Gasteiger partial charge >= 0.3 is 0 Å². The maximum absolute atomic E-state index is 13.9. The minimum Gasteiger partial charge on any atom is -0.506 e. The van der Waals surface area contributed by atoms with Crippen LogP contribution in [0.4, 0.5) is 0 Å². The summed E-state index contributed by atoms with van der Waals surface area (Å²) >= 11 is 0. The van der Waals surface area contributed by atoms with Gasteiger partial charge in [-0.1, -0.05) is 11.6 Å². The van der Waals surface area contributed by atoms with Gasteiger partial charge in [-0.25, -0.2) is 0 Å². The first-order valence-electron chi connectivity index (χ1n) is 11.9. The summed E-state index contributed by atoms with van der Waals surface area (Å²) in [5.41, 5.74) is -1.91. The number of rotatable bonds is 6. The largest absolute Gasteiger partial charge is 0.506 e. The molecule has 37 heavy (non-hydrogen) atoms. The molecular formula is C28H32O9. The molecule has 0 fully saturated rings. The van der Waals surface area contributed by atoms with Crippen LogP contribution in [0.1, 0.15) is 51.3 Å². The fourth-order valence-electron chi connectivity index (χ4n) is 4.36. The molecule has 9 nitrogen and oxygen atoms in total. The molecule has 1 aromatic heterocycles. The number of aliphatic hydroxyl groups excluding tert-OH is 2. The second-order valence-corrected chi connectivity index (χ2v) is 10.6. The summed E-state index contributed by atoms with van der Waals surface area (Å²) < 4.78 is 12.2. The molecular weight excluding hydrogens is 480 g/mol. The van der Waals surface area contributed by atoms with Crippen molar-refractivity contribution >= 4 is 28.0 Å². The number of phenols is 3. The molecule has 0 bridgehead atoms. The van der Waals surface area contributed by atoms with Crippen molar-refractivity contribution in [2.75, 3.05) is 6.61 Å². The van der Waals surface area contributed by atoms with Gasteiger partial charge in [0.05, 0.1) is 29.3 Å². The van der Waals surface area contributed by atoms with Gasteiger partial charge in [-0.15, -0.1) is 0 Å². The number of allylic oxidation sites excluding steroid dienone is 1. The first-order chi connectivity index (χ1) is 17.2. The summed E-state index contributed by atoms with van der Waals surface area (Å²) in [4.78, 5) is 13.9. The smallest absolute Gasteiger partial charge is 0.204 e. The first-order valence-corrected chi connectivity index (χ1v) is 11.9. The van der Waals surface area contributed by atoms with E-state index in [1.54, 1.807) is 39.0 Å². The Labute approximate surface area is 213 Å². The highest BCUT2D eigenvalue weighted by Gasteiger charge is 2.34. The molecule has 0 saturated heterocycles. The average Bonchev–Trinajstić information content (AvgIpc) is 2.80. The van der Waals surface area contributed by atoms with E-state index in [0.717, 1.165) is 6.07 Å². The van der Waals surface area contributed by atoms with Crippen LogP contribution < -0.4 is 10.2 Å². The van der Waals surface area contributed by atoms with E-state index in [0.29, 0.717) is 5.57 Å². The van der Waals surface area contributed by atoms with Crippen molar-refractivity contribution in [2.45, 2.75) is 64.8 Å². The van der Waals surface area contributed by atoms with E-state index in [1.807, 2.05) is 0 Å². The number of ether oxygens (including phenoxy) is 1. The highest BCUT2D eigenvalue weighted by molar-refractivity contribution is 6.01. The molecule has 198 valence electrons. The lowest BCUT2D eigenvalue weighted by Gasteiger charge is -2.32. The van der Waals surface area contributed by atoms with Crippen LogP contribution in [0.5, 0.6) is 23.0 Å². The fourth-order valence-corrected chi connectivity index (χ4v) is 4.36. The van der Waals surface area contributed by atoms with Gasteiger partial charge in [-0.05, 0) is 53.2 Å². The van der Waals surface area contributed by atoms with Crippen LogP contribution in [0.15, 0.2) is 33.0 Å². The normalized spacial score (nSPS) is 16.2. The number of hydrogen-bond acceptors (Lipinski definition) is 9. The maximum atomic E-state index is 13.9. The van der Waals surface area contributed by atoms with Crippen molar-refractivity contribution in [3.8, 4) is 23.0 Å². The van der Waals surface area contributed by atoms with Crippen molar-refractivity contribution in [2.24, 2.45) is 0 Å². The zero-order valence-corrected chi connectivity index (χ0v) is 21.4. The van der Waals surface area contributed by atoms with Gasteiger partial charge in [0.25, 0.3) is 0 Å². The standard InChI is InChI=1S/C28H32O9/c1-13(12-29)6-7-14-20-18(11-17(30)22(14)32)36-26-16(10-19(31)28(4,5)35)25-15(8-9-27(2,3)37-25)23(33)21(26)24(20)34/h6,8-9,11,19,29-33,35H,7,10,12H2,1-5H3/b13-6+/t19-/m0/s1. The minimum atomic E-state index is -1.50. The molecule has 0 saturated carbocycles. The van der Waals surface area contributed by atoms with Crippen molar-refractivity contribution < 1.29 is 39.8 Å². The predicted octanol–water partition coefficient (Wildman–Crippen LogP) is 3.40. The van der Waals surface area contributed by atoms with E-state index < -0.39 is 40.0 Å². The zero-order valence-electron chi connectivity index (χ0n) is 21.4. The van der Waals surface area contributed by atoms with Crippen LogP contribution in [-0.2, 0) is 12.8 Å². The van der Waals surface area contributed by atoms with Crippen LogP contribution in [0.25, 0.3) is 28.0 Å². The summed E-state index contributed by atoms with van der Waals surface area (Å²) in [6.45, 7) is 7.93. The van der Waals surface area contributed by atoms with E-state index in [4.69, 9.17) is 9.15 Å². The van der Waals surface area contributed by atoms with Gasteiger partial charge in [0, 0.05) is 23.6 Å². The van der Waals surface area contributed by atoms with Crippen molar-refractivity contribution in [3.63, 3.8) is 0 Å². The number of aliphatic hydroxyl groups is 3. The molecule has 9 heteroatoms. The fraction of sp³-hybridized carbons (Fsp3) is 0.393. The third kappa shape index (κ3) is 4.66. The molecule has 3 aromatic rings. The Hall–Kier alpha value is -3.53. The number of phenolic OH excluding ortho intramolecular Hbond substituents is 3. The van der Waals surface area contributed by atoms with Crippen LogP contribution in [0, 0.1) is 0 Å². The number of hydrogen-bond donors (Lipinski definition) is 6. The molecule has 2 aromatic carbocycles. The summed E-state index contributed by atoms with van der Waals surface area (Å²) in [5, 5.41) is 62.5. The molecule has 0 spiro atoms. The van der Waals surface area contributed by atoms with E-state index in [1.165, 1.54) is 13.8 Å². The van der Waals surface area contributed by atoms with E-state index in [2.05, 4.69) is 0 Å². The predicted molar refractivity (Wildman–Crippen MR) is 139 cm³/mol. The van der Waals surface area contributed by atoms with Crippen molar-refractivity contribution in [1.29, 1.82) is 0 Å². The van der Waals surface area contributed by atoms with Gasteiger partial charge in [0.15, 0.2) is 11.5 Å². The minimum absolute atomic E-state index is 0.00652. The summed E-state index contributed by atoms with van der Waals surface area (Å²) in [7, 11) is 0. The monoisotopic (exact) mass is 512 g/mol. The Bertz CT molecular complexity index is 1520. The summed E-state index contributed by atoms with van der Waals surface area (Å²) in [5.74, 6) is -1.22. The highest BCUT2D eigenvalue weighted by atomic mass is 16.5. The Balaban J connectivity index is 2.15. The Morgan fingerprint density at radius 3 is 2.43 bits per heavy atom. The van der Waals surface area contributed by atoms with E-state index in [9.17, 15) is 35.4 Å². The third-order valence-corrected chi connectivity index (χ3v) is 6.66. The van der Waals surface area contributed by atoms with Gasteiger partial charge in [0.2, 0.25) is 5.43 Å². The third-order valence-electron chi connectivity index (χ3n) is 6.66. The number of fused-ring (bicyclic) bond motifs is 3. The Kier molecular flexibility index (Phi) is 6.52. The second-order valence-electron chi connectivity index (χ2n) is 10.6. The summed E-state index contributed by atoms with van der Waals surface area (Å²) in [6.07, 6.45) is 3.51. The molecule has 2 heterocycles.